The molecule has 1 N–H and O–H groups in total. The Morgan fingerprint density at radius 3 is 2.75 bits per heavy atom. The molecule has 2 aromatic rings. The molecule has 0 saturated carbocycles. The topological polar surface area (TPSA) is 62.3 Å². The summed E-state index contributed by atoms with van der Waals surface area (Å²) < 4.78 is 42.6. The number of benzene rings is 1. The Bertz CT molecular complexity index is 685. The zero-order valence-electron chi connectivity index (χ0n) is 11.0. The normalized spacial score (nSPS) is 11.8. The van der Waals surface area contributed by atoms with Crippen molar-refractivity contribution in [3.05, 3.63) is 41.2 Å². The van der Waals surface area contributed by atoms with Crippen molar-refractivity contribution in [1.29, 1.82) is 0 Å². The van der Waals surface area contributed by atoms with Crippen LogP contribution < -0.4 is 5.32 Å². The Balaban J connectivity index is 2.25. The lowest BCUT2D eigenvalue weighted by Gasteiger charge is -2.13. The Labute approximate surface area is 121 Å². The van der Waals surface area contributed by atoms with Crippen LogP contribution in [0.2, 0.25) is 0 Å². The molecule has 1 heterocycles. The highest BCUT2D eigenvalue weighted by molar-refractivity contribution is 7.89. The second-order valence-electron chi connectivity index (χ2n) is 4.32. The molecule has 108 valence electrons. The van der Waals surface area contributed by atoms with E-state index in [2.05, 4.69) is 9.69 Å². The summed E-state index contributed by atoms with van der Waals surface area (Å²) in [4.78, 5) is -0.337. The fraction of sp³-hybridized carbons (Fsp3) is 0.250. The number of hydrogen-bond donors (Lipinski definition) is 1. The van der Waals surface area contributed by atoms with Crippen LogP contribution in [-0.4, -0.2) is 31.2 Å². The number of nitrogens with zero attached hydrogens (tertiary/aromatic N) is 2. The van der Waals surface area contributed by atoms with Crippen molar-refractivity contribution < 1.29 is 12.8 Å². The van der Waals surface area contributed by atoms with E-state index in [-0.39, 0.29) is 4.90 Å². The second kappa shape index (κ2) is 5.86. The number of sulfonamides is 1. The first-order valence-electron chi connectivity index (χ1n) is 5.75. The molecule has 20 heavy (non-hydrogen) atoms. The molecule has 0 saturated heterocycles. The smallest absolute Gasteiger partial charge is 0.245 e. The molecule has 0 aliphatic carbocycles. The molecule has 0 radical (unpaired) electrons. The molecule has 0 fully saturated rings. The summed E-state index contributed by atoms with van der Waals surface area (Å²) in [6, 6.07) is 3.94. The molecule has 0 aliphatic rings. The van der Waals surface area contributed by atoms with Gasteiger partial charge >= 0.3 is 0 Å². The summed E-state index contributed by atoms with van der Waals surface area (Å²) in [5, 5.41) is 4.93. The van der Waals surface area contributed by atoms with Gasteiger partial charge in [-0.3, -0.25) is 0 Å². The third-order valence-electron chi connectivity index (χ3n) is 2.67. The van der Waals surface area contributed by atoms with E-state index in [0.717, 1.165) is 15.9 Å². The van der Waals surface area contributed by atoms with Crippen LogP contribution >= 0.6 is 11.5 Å². The molecule has 0 unspecified atom stereocenters. The van der Waals surface area contributed by atoms with E-state index in [0.29, 0.717) is 12.2 Å². The number of hydrogen-bond acceptors (Lipinski definition) is 5. The van der Waals surface area contributed by atoms with Crippen LogP contribution in [0.25, 0.3) is 0 Å². The Morgan fingerprint density at radius 2 is 2.15 bits per heavy atom. The molecule has 0 atom stereocenters. The summed E-state index contributed by atoms with van der Waals surface area (Å²) in [7, 11) is -1.06. The zero-order chi connectivity index (χ0) is 14.8. The van der Waals surface area contributed by atoms with Crippen LogP contribution in [0.3, 0.4) is 0 Å². The average molecular weight is 315 g/mol. The van der Waals surface area contributed by atoms with Crippen LogP contribution in [0.15, 0.2) is 34.7 Å². The van der Waals surface area contributed by atoms with Gasteiger partial charge in [0.05, 0.1) is 0 Å². The Kier molecular flexibility index (Phi) is 4.36. The largest absolute Gasteiger partial charge is 0.381 e. The van der Waals surface area contributed by atoms with Crippen molar-refractivity contribution in [2.75, 3.05) is 19.4 Å². The van der Waals surface area contributed by atoms with Crippen molar-refractivity contribution in [3.63, 3.8) is 0 Å². The lowest BCUT2D eigenvalue weighted by Crippen LogP contribution is -2.23. The number of halogens is 1. The highest BCUT2D eigenvalue weighted by atomic mass is 32.2. The van der Waals surface area contributed by atoms with Gasteiger partial charge in [-0.15, -0.1) is 0 Å². The Hall–Kier alpha value is -1.51. The minimum atomic E-state index is -3.79. The van der Waals surface area contributed by atoms with Gasteiger partial charge in [0.25, 0.3) is 0 Å². The summed E-state index contributed by atoms with van der Waals surface area (Å²) in [6.07, 6.45) is 1.72. The van der Waals surface area contributed by atoms with Gasteiger partial charge < -0.3 is 5.32 Å². The molecule has 0 spiro atoms. The standard InChI is InChI=1S/C12H14FN3O2S2/c1-16(2)20(17,18)12-5-10(3-4-11(12)13)14-6-9-7-15-19-8-9/h3-5,7-8,14H,6H2,1-2H3. The third-order valence-corrected chi connectivity index (χ3v) is 5.14. The van der Waals surface area contributed by atoms with Crippen LogP contribution in [-0.2, 0) is 16.6 Å². The minimum Gasteiger partial charge on any atom is -0.381 e. The quantitative estimate of drug-likeness (QED) is 0.918. The number of rotatable bonds is 5. The summed E-state index contributed by atoms with van der Waals surface area (Å²) >= 11 is 1.34. The molecular weight excluding hydrogens is 301 g/mol. The maximum Gasteiger partial charge on any atom is 0.245 e. The van der Waals surface area contributed by atoms with Crippen molar-refractivity contribution in [3.8, 4) is 0 Å². The van der Waals surface area contributed by atoms with E-state index < -0.39 is 15.8 Å². The van der Waals surface area contributed by atoms with Crippen molar-refractivity contribution in [2.45, 2.75) is 11.4 Å². The van der Waals surface area contributed by atoms with Crippen LogP contribution in [0, 0.1) is 5.82 Å². The Morgan fingerprint density at radius 1 is 1.40 bits per heavy atom. The van der Waals surface area contributed by atoms with Gasteiger partial charge in [0.2, 0.25) is 10.0 Å². The summed E-state index contributed by atoms with van der Waals surface area (Å²) in [5.74, 6) is -0.763. The molecule has 2 rings (SSSR count). The van der Waals surface area contributed by atoms with Crippen molar-refractivity contribution >= 4 is 27.2 Å². The van der Waals surface area contributed by atoms with E-state index in [4.69, 9.17) is 0 Å². The van der Waals surface area contributed by atoms with Crippen molar-refractivity contribution in [2.24, 2.45) is 0 Å². The average Bonchev–Trinajstić information content (AvgIpc) is 2.90. The molecule has 1 aromatic heterocycles. The van der Waals surface area contributed by atoms with Gasteiger partial charge in [0, 0.05) is 43.5 Å². The molecule has 1 aromatic carbocycles. The van der Waals surface area contributed by atoms with E-state index in [1.807, 2.05) is 5.38 Å². The predicted molar refractivity (Wildman–Crippen MR) is 76.7 cm³/mol. The van der Waals surface area contributed by atoms with Crippen LogP contribution in [0.5, 0.6) is 0 Å². The van der Waals surface area contributed by atoms with Gasteiger partial charge in [0.1, 0.15) is 10.7 Å². The van der Waals surface area contributed by atoms with Gasteiger partial charge in [-0.1, -0.05) is 0 Å². The molecule has 5 nitrogen and oxygen atoms in total. The van der Waals surface area contributed by atoms with Crippen LogP contribution in [0.1, 0.15) is 5.56 Å². The molecular formula is C12H14FN3O2S2. The van der Waals surface area contributed by atoms with E-state index in [1.54, 1.807) is 6.20 Å². The predicted octanol–water partition coefficient (Wildman–Crippen LogP) is 2.14. The first-order chi connectivity index (χ1) is 9.41. The molecule has 0 amide bonds. The first kappa shape index (κ1) is 14.9. The second-order valence-corrected chi connectivity index (χ2v) is 7.10. The van der Waals surface area contributed by atoms with E-state index >= 15 is 0 Å². The maximum atomic E-state index is 13.7. The highest BCUT2D eigenvalue weighted by Crippen LogP contribution is 2.22. The maximum absolute atomic E-state index is 13.7. The summed E-state index contributed by atoms with van der Waals surface area (Å²) in [6.45, 7) is 0.504. The lowest BCUT2D eigenvalue weighted by atomic mass is 10.3. The third kappa shape index (κ3) is 3.14. The summed E-state index contributed by atoms with van der Waals surface area (Å²) in [5.41, 5.74) is 1.52. The van der Waals surface area contributed by atoms with Crippen molar-refractivity contribution in [1.82, 2.24) is 8.68 Å². The minimum absolute atomic E-state index is 0.337. The number of nitrogens with one attached hydrogen (secondary N) is 1. The number of aromatic nitrogens is 1. The molecule has 0 aliphatic heterocycles. The van der Waals surface area contributed by atoms with Gasteiger partial charge in [0.15, 0.2) is 0 Å². The fourth-order valence-electron chi connectivity index (χ4n) is 1.53. The fourth-order valence-corrected chi connectivity index (χ4v) is 3.05. The number of anilines is 1. The monoisotopic (exact) mass is 315 g/mol. The van der Waals surface area contributed by atoms with E-state index in [9.17, 15) is 12.8 Å². The van der Waals surface area contributed by atoms with Gasteiger partial charge in [-0.2, -0.15) is 0 Å². The lowest BCUT2D eigenvalue weighted by molar-refractivity contribution is 0.508. The SMILES string of the molecule is CN(C)S(=O)(=O)c1cc(NCc2cnsc2)ccc1F. The van der Waals surface area contributed by atoms with E-state index in [1.165, 1.54) is 37.8 Å². The highest BCUT2D eigenvalue weighted by Gasteiger charge is 2.22. The molecule has 8 heteroatoms. The first-order valence-corrected chi connectivity index (χ1v) is 8.03. The van der Waals surface area contributed by atoms with Gasteiger partial charge in [-0.25, -0.2) is 21.5 Å². The molecule has 0 bridgehead atoms. The zero-order valence-corrected chi connectivity index (χ0v) is 12.6. The van der Waals surface area contributed by atoms with Gasteiger partial charge in [-0.05, 0) is 29.7 Å². The van der Waals surface area contributed by atoms with Crippen LogP contribution in [0.4, 0.5) is 10.1 Å².